The van der Waals surface area contributed by atoms with Crippen molar-refractivity contribution in [2.45, 2.75) is 5.16 Å². The Bertz CT molecular complexity index is 807. The lowest BCUT2D eigenvalue weighted by molar-refractivity contribution is -0.113. The van der Waals surface area contributed by atoms with Crippen LogP contribution in [0.15, 0.2) is 66.1 Å². The van der Waals surface area contributed by atoms with Crippen LogP contribution < -0.4 is 5.32 Å². The Morgan fingerprint density at radius 1 is 1.17 bits per heavy atom. The van der Waals surface area contributed by atoms with Gasteiger partial charge in [-0.05, 0) is 30.3 Å². The minimum absolute atomic E-state index is 0.131. The van der Waals surface area contributed by atoms with Crippen LogP contribution in [0.1, 0.15) is 0 Å². The summed E-state index contributed by atoms with van der Waals surface area (Å²) in [6, 6.07) is 16.7. The number of carbonyl (C=O) groups is 1. The van der Waals surface area contributed by atoms with Crippen LogP contribution in [0.4, 0.5) is 5.69 Å². The van der Waals surface area contributed by atoms with E-state index >= 15 is 0 Å². The second-order valence-electron chi connectivity index (χ2n) is 4.65. The van der Waals surface area contributed by atoms with Crippen molar-refractivity contribution in [3.8, 4) is 5.69 Å². The SMILES string of the molecule is O=C(CSc1ncn(-c2ccccc2)n1)Nc1cccc(Cl)c1. The maximum atomic E-state index is 11.9. The van der Waals surface area contributed by atoms with Crippen LogP contribution in [0.5, 0.6) is 0 Å². The van der Waals surface area contributed by atoms with Gasteiger partial charge in [0.25, 0.3) is 0 Å². The van der Waals surface area contributed by atoms with Crippen molar-refractivity contribution < 1.29 is 4.79 Å². The van der Waals surface area contributed by atoms with Gasteiger partial charge >= 0.3 is 0 Å². The molecule has 0 bridgehead atoms. The van der Waals surface area contributed by atoms with Crippen LogP contribution in [0.25, 0.3) is 5.69 Å². The number of aromatic nitrogens is 3. The molecule has 0 atom stereocenters. The molecule has 1 N–H and O–H groups in total. The van der Waals surface area contributed by atoms with E-state index in [0.717, 1.165) is 5.69 Å². The fourth-order valence-corrected chi connectivity index (χ4v) is 2.70. The number of halogens is 1. The van der Waals surface area contributed by atoms with Gasteiger partial charge in [-0.3, -0.25) is 4.79 Å². The molecule has 0 saturated heterocycles. The van der Waals surface area contributed by atoms with E-state index < -0.39 is 0 Å². The number of benzene rings is 2. The summed E-state index contributed by atoms with van der Waals surface area (Å²) in [6.07, 6.45) is 1.63. The van der Waals surface area contributed by atoms with Crippen molar-refractivity contribution in [3.05, 3.63) is 65.9 Å². The van der Waals surface area contributed by atoms with Crippen molar-refractivity contribution in [3.63, 3.8) is 0 Å². The van der Waals surface area contributed by atoms with E-state index in [4.69, 9.17) is 11.6 Å². The van der Waals surface area contributed by atoms with E-state index in [1.54, 1.807) is 35.3 Å². The Morgan fingerprint density at radius 3 is 2.78 bits per heavy atom. The third-order valence-electron chi connectivity index (χ3n) is 2.93. The third-order valence-corrected chi connectivity index (χ3v) is 4.02. The number of para-hydroxylation sites is 1. The zero-order chi connectivity index (χ0) is 16.1. The number of nitrogens with one attached hydrogen (secondary N) is 1. The lowest BCUT2D eigenvalue weighted by Crippen LogP contribution is -2.14. The maximum absolute atomic E-state index is 11.9. The summed E-state index contributed by atoms with van der Waals surface area (Å²) in [4.78, 5) is 16.1. The normalized spacial score (nSPS) is 10.5. The van der Waals surface area contributed by atoms with Gasteiger partial charge in [0.2, 0.25) is 11.1 Å². The number of hydrogen-bond donors (Lipinski definition) is 1. The number of thioether (sulfide) groups is 1. The van der Waals surface area contributed by atoms with Crippen LogP contribution in [0.2, 0.25) is 5.02 Å². The number of hydrogen-bond acceptors (Lipinski definition) is 4. The molecule has 1 amide bonds. The summed E-state index contributed by atoms with van der Waals surface area (Å²) in [5.74, 6) is 0.0963. The maximum Gasteiger partial charge on any atom is 0.234 e. The lowest BCUT2D eigenvalue weighted by Gasteiger charge is -2.04. The minimum Gasteiger partial charge on any atom is -0.325 e. The van der Waals surface area contributed by atoms with Gasteiger partial charge in [-0.25, -0.2) is 9.67 Å². The second kappa shape index (κ2) is 7.30. The lowest BCUT2D eigenvalue weighted by atomic mass is 10.3. The quantitative estimate of drug-likeness (QED) is 0.718. The van der Waals surface area contributed by atoms with Crippen LogP contribution in [0, 0.1) is 0 Å². The number of amides is 1. The highest BCUT2D eigenvalue weighted by Crippen LogP contribution is 2.17. The molecule has 3 rings (SSSR count). The summed E-state index contributed by atoms with van der Waals surface area (Å²) in [7, 11) is 0. The van der Waals surface area contributed by atoms with Gasteiger partial charge in [-0.1, -0.05) is 47.6 Å². The molecule has 5 nitrogen and oxygen atoms in total. The van der Waals surface area contributed by atoms with Gasteiger partial charge in [0, 0.05) is 10.7 Å². The van der Waals surface area contributed by atoms with Crippen LogP contribution in [-0.2, 0) is 4.79 Å². The Kier molecular flexibility index (Phi) is 4.95. The van der Waals surface area contributed by atoms with Crippen LogP contribution >= 0.6 is 23.4 Å². The topological polar surface area (TPSA) is 59.8 Å². The molecular weight excluding hydrogens is 332 g/mol. The van der Waals surface area contributed by atoms with Gasteiger partial charge in [-0.15, -0.1) is 5.10 Å². The molecule has 0 fully saturated rings. The number of rotatable bonds is 5. The number of carbonyl (C=O) groups excluding carboxylic acids is 1. The fourth-order valence-electron chi connectivity index (χ4n) is 1.91. The Morgan fingerprint density at radius 2 is 2.00 bits per heavy atom. The van der Waals surface area contributed by atoms with E-state index in [1.807, 2.05) is 30.3 Å². The molecular formula is C16H13ClN4OS. The van der Waals surface area contributed by atoms with Crippen LogP contribution in [-0.4, -0.2) is 26.4 Å². The standard InChI is InChI=1S/C16H13ClN4OS/c17-12-5-4-6-13(9-12)19-15(22)10-23-16-18-11-21(20-16)14-7-2-1-3-8-14/h1-9,11H,10H2,(H,19,22). The van der Waals surface area contributed by atoms with Crippen molar-refractivity contribution in [1.29, 1.82) is 0 Å². The first-order valence-corrected chi connectivity index (χ1v) is 8.22. The molecule has 0 spiro atoms. The van der Waals surface area contributed by atoms with Crippen molar-refractivity contribution in [1.82, 2.24) is 14.8 Å². The van der Waals surface area contributed by atoms with Crippen molar-refractivity contribution in [2.75, 3.05) is 11.1 Å². The van der Waals surface area contributed by atoms with E-state index in [0.29, 0.717) is 15.9 Å². The summed E-state index contributed by atoms with van der Waals surface area (Å²) < 4.78 is 1.68. The predicted molar refractivity (Wildman–Crippen MR) is 92.2 cm³/mol. The summed E-state index contributed by atoms with van der Waals surface area (Å²) >= 11 is 7.16. The first kappa shape index (κ1) is 15.6. The molecule has 0 aliphatic carbocycles. The highest BCUT2D eigenvalue weighted by atomic mass is 35.5. The van der Waals surface area contributed by atoms with Gasteiger partial charge < -0.3 is 5.32 Å². The number of anilines is 1. The number of nitrogens with zero attached hydrogens (tertiary/aromatic N) is 3. The summed E-state index contributed by atoms with van der Waals surface area (Å²) in [6.45, 7) is 0. The van der Waals surface area contributed by atoms with E-state index in [-0.39, 0.29) is 11.7 Å². The molecule has 116 valence electrons. The monoisotopic (exact) mass is 344 g/mol. The molecule has 3 aromatic rings. The van der Waals surface area contributed by atoms with Crippen molar-refractivity contribution in [2.24, 2.45) is 0 Å². The molecule has 1 aromatic heterocycles. The average molecular weight is 345 g/mol. The minimum atomic E-state index is -0.131. The van der Waals surface area contributed by atoms with Crippen LogP contribution in [0.3, 0.4) is 0 Å². The predicted octanol–water partition coefficient (Wildman–Crippen LogP) is 3.65. The Balaban J connectivity index is 1.56. The molecule has 1 heterocycles. The van der Waals surface area contributed by atoms with E-state index in [1.165, 1.54) is 11.8 Å². The van der Waals surface area contributed by atoms with Gasteiger partial charge in [0.15, 0.2) is 0 Å². The Hall–Kier alpha value is -2.31. The average Bonchev–Trinajstić information content (AvgIpc) is 3.03. The molecule has 7 heteroatoms. The van der Waals surface area contributed by atoms with E-state index in [9.17, 15) is 4.79 Å². The molecule has 0 aliphatic rings. The highest BCUT2D eigenvalue weighted by molar-refractivity contribution is 7.99. The molecule has 23 heavy (non-hydrogen) atoms. The first-order valence-electron chi connectivity index (χ1n) is 6.86. The Labute approximate surface area is 142 Å². The largest absolute Gasteiger partial charge is 0.325 e. The third kappa shape index (κ3) is 4.34. The summed E-state index contributed by atoms with van der Waals surface area (Å²) in [5.41, 5.74) is 1.60. The van der Waals surface area contributed by atoms with Gasteiger partial charge in [0.1, 0.15) is 6.33 Å². The zero-order valence-electron chi connectivity index (χ0n) is 12.0. The summed E-state index contributed by atoms with van der Waals surface area (Å²) in [5, 5.41) is 8.26. The molecule has 0 saturated carbocycles. The molecule has 0 unspecified atom stereocenters. The zero-order valence-corrected chi connectivity index (χ0v) is 13.6. The van der Waals surface area contributed by atoms with Gasteiger partial charge in [-0.2, -0.15) is 0 Å². The molecule has 0 radical (unpaired) electrons. The molecule has 2 aromatic carbocycles. The highest BCUT2D eigenvalue weighted by Gasteiger charge is 2.08. The van der Waals surface area contributed by atoms with Crippen molar-refractivity contribution >= 4 is 35.0 Å². The first-order chi connectivity index (χ1) is 11.2. The smallest absolute Gasteiger partial charge is 0.234 e. The van der Waals surface area contributed by atoms with E-state index in [2.05, 4.69) is 15.4 Å². The molecule has 0 aliphatic heterocycles. The fraction of sp³-hybridized carbons (Fsp3) is 0.0625. The second-order valence-corrected chi connectivity index (χ2v) is 6.03. The van der Waals surface area contributed by atoms with Gasteiger partial charge in [0.05, 0.1) is 11.4 Å².